The Hall–Kier alpha value is -1.38. The molecule has 0 atom stereocenters. The third kappa shape index (κ3) is 4.11. The number of pyridine rings is 1. The van der Waals surface area contributed by atoms with E-state index in [1.807, 2.05) is 0 Å². The summed E-state index contributed by atoms with van der Waals surface area (Å²) in [6, 6.07) is 3.00. The second-order valence-corrected chi connectivity index (χ2v) is 2.93. The van der Waals surface area contributed by atoms with E-state index in [4.69, 9.17) is 0 Å². The summed E-state index contributed by atoms with van der Waals surface area (Å²) in [7, 11) is 0. The molecule has 6 nitrogen and oxygen atoms in total. The number of carbonyl (C=O) groups is 2. The van der Waals surface area contributed by atoms with Gasteiger partial charge in [0.25, 0.3) is 0 Å². The van der Waals surface area contributed by atoms with Crippen LogP contribution in [-0.2, 0) is 7.86 Å². The van der Waals surface area contributed by atoms with Crippen molar-refractivity contribution in [3.05, 3.63) is 18.3 Å². The number of aromatic nitrogens is 1. The first kappa shape index (κ1) is 11.7. The first-order valence-corrected chi connectivity index (χ1v) is 4.74. The van der Waals surface area contributed by atoms with Gasteiger partial charge in [-0.1, -0.05) is 0 Å². The van der Waals surface area contributed by atoms with Crippen LogP contribution in [0.4, 0.5) is 10.6 Å². The zero-order chi connectivity index (χ0) is 11.3. The number of rotatable bonds is 2. The van der Waals surface area contributed by atoms with Gasteiger partial charge in [-0.2, -0.15) is 0 Å². The summed E-state index contributed by atoms with van der Waals surface area (Å²) in [5.74, 6) is 0.409. The summed E-state index contributed by atoms with van der Waals surface area (Å²) >= 11 is 1.41. The molecule has 1 aromatic rings. The van der Waals surface area contributed by atoms with E-state index in [1.165, 1.54) is 48.3 Å². The molecule has 1 N–H and O–H groups in total. The van der Waals surface area contributed by atoms with E-state index in [0.717, 1.165) is 0 Å². The molecule has 0 aliphatic heterocycles. The van der Waals surface area contributed by atoms with Gasteiger partial charge in [0.2, 0.25) is 5.91 Å². The van der Waals surface area contributed by atoms with Gasteiger partial charge < -0.3 is 13.1 Å². The number of nitrogens with one attached hydrogen (secondary N) is 1. The van der Waals surface area contributed by atoms with Crippen molar-refractivity contribution in [3.8, 4) is 5.75 Å². The van der Waals surface area contributed by atoms with Crippen molar-refractivity contribution >= 4 is 40.9 Å². The first-order valence-electron chi connectivity index (χ1n) is 3.86. The lowest BCUT2D eigenvalue weighted by Crippen LogP contribution is -2.08. The van der Waals surface area contributed by atoms with Crippen molar-refractivity contribution in [1.82, 2.24) is 4.98 Å². The molecule has 1 amide bonds. The number of hydrogen-bond acceptors (Lipinski definition) is 5. The molecule has 0 spiro atoms. The normalized spacial score (nSPS) is 9.20. The molecule has 1 aromatic heterocycles. The van der Waals surface area contributed by atoms with Crippen LogP contribution in [-0.4, -0.2) is 17.0 Å². The van der Waals surface area contributed by atoms with Gasteiger partial charge in [0.15, 0.2) is 28.8 Å². The highest BCUT2D eigenvalue weighted by molar-refractivity contribution is 14.1. The van der Waals surface area contributed by atoms with Gasteiger partial charge in [-0.3, -0.25) is 4.79 Å². The summed E-state index contributed by atoms with van der Waals surface area (Å²) in [4.78, 5) is 25.2. The zero-order valence-electron chi connectivity index (χ0n) is 7.69. The predicted octanol–water partition coefficient (Wildman–Crippen LogP) is 1.91. The molecule has 1 heterocycles. The van der Waals surface area contributed by atoms with E-state index in [9.17, 15) is 9.59 Å². The van der Waals surface area contributed by atoms with Gasteiger partial charge in [0.1, 0.15) is 5.82 Å². The van der Waals surface area contributed by atoms with Gasteiger partial charge in [-0.15, -0.1) is 0 Å². The van der Waals surface area contributed by atoms with Crippen molar-refractivity contribution < 1.29 is 17.4 Å². The molecule has 0 unspecified atom stereocenters. The van der Waals surface area contributed by atoms with Gasteiger partial charge in [-0.05, 0) is 12.1 Å². The summed E-state index contributed by atoms with van der Waals surface area (Å²) in [6.45, 7) is 1.37. The standard InChI is InChI=1S/C8H7IN2O4/c1-5(12)11-7-3-2-6(4-10-7)14-8(13)15-9/h2-4H,1H3,(H,10,11,12). The highest BCUT2D eigenvalue weighted by Gasteiger charge is 2.04. The van der Waals surface area contributed by atoms with Crippen molar-refractivity contribution in [2.45, 2.75) is 6.92 Å². The van der Waals surface area contributed by atoms with Crippen LogP contribution in [0.25, 0.3) is 0 Å². The molecule has 0 aliphatic carbocycles. The Kier molecular flexibility index (Phi) is 4.28. The fourth-order valence-corrected chi connectivity index (χ4v) is 0.897. The number of nitrogens with zero attached hydrogens (tertiary/aromatic N) is 1. The highest BCUT2D eigenvalue weighted by Crippen LogP contribution is 2.13. The molecule has 0 fully saturated rings. The van der Waals surface area contributed by atoms with Crippen LogP contribution < -0.4 is 10.1 Å². The monoisotopic (exact) mass is 322 g/mol. The fourth-order valence-electron chi connectivity index (χ4n) is 0.807. The summed E-state index contributed by atoms with van der Waals surface area (Å²) < 4.78 is 8.94. The minimum absolute atomic E-state index is 0.220. The highest BCUT2D eigenvalue weighted by atomic mass is 127. The molecular formula is C8H7IN2O4. The SMILES string of the molecule is CC(=O)Nc1ccc(OC(=O)OI)cn1. The number of amides is 1. The van der Waals surface area contributed by atoms with Gasteiger partial charge in [0, 0.05) is 6.92 Å². The molecule has 0 saturated heterocycles. The number of anilines is 1. The summed E-state index contributed by atoms with van der Waals surface area (Å²) in [6.07, 6.45) is 0.475. The van der Waals surface area contributed by atoms with E-state index < -0.39 is 6.16 Å². The minimum atomic E-state index is -0.829. The van der Waals surface area contributed by atoms with Gasteiger partial charge in [-0.25, -0.2) is 9.78 Å². The maximum atomic E-state index is 10.7. The van der Waals surface area contributed by atoms with Crippen molar-refractivity contribution in [1.29, 1.82) is 0 Å². The van der Waals surface area contributed by atoms with Crippen molar-refractivity contribution in [2.24, 2.45) is 0 Å². The lowest BCUT2D eigenvalue weighted by Gasteiger charge is -2.02. The van der Waals surface area contributed by atoms with Crippen LogP contribution in [0.2, 0.25) is 0 Å². The third-order valence-corrected chi connectivity index (χ3v) is 1.66. The Morgan fingerprint density at radius 1 is 1.47 bits per heavy atom. The lowest BCUT2D eigenvalue weighted by atomic mass is 10.4. The Labute approximate surface area is 99.7 Å². The maximum Gasteiger partial charge on any atom is 0.523 e. The Balaban J connectivity index is 2.64. The number of halogens is 1. The topological polar surface area (TPSA) is 77.5 Å². The minimum Gasteiger partial charge on any atom is -0.393 e. The second kappa shape index (κ2) is 5.49. The van der Waals surface area contributed by atoms with Gasteiger partial charge >= 0.3 is 6.16 Å². The fraction of sp³-hybridized carbons (Fsp3) is 0.125. The summed E-state index contributed by atoms with van der Waals surface area (Å²) in [5, 5.41) is 2.48. The average Bonchev–Trinajstić information content (AvgIpc) is 2.20. The van der Waals surface area contributed by atoms with Crippen LogP contribution in [0.5, 0.6) is 5.75 Å². The average molecular weight is 322 g/mol. The number of carbonyl (C=O) groups excluding carboxylic acids is 2. The van der Waals surface area contributed by atoms with E-state index >= 15 is 0 Å². The second-order valence-electron chi connectivity index (χ2n) is 2.49. The molecule has 7 heteroatoms. The Morgan fingerprint density at radius 2 is 2.20 bits per heavy atom. The molecule has 0 radical (unpaired) electrons. The molecule has 0 saturated carbocycles. The van der Waals surface area contributed by atoms with E-state index in [2.05, 4.69) is 18.1 Å². The van der Waals surface area contributed by atoms with E-state index in [0.29, 0.717) is 5.82 Å². The Morgan fingerprint density at radius 3 is 2.67 bits per heavy atom. The predicted molar refractivity (Wildman–Crippen MR) is 59.7 cm³/mol. The Bertz CT molecular complexity index is 365. The summed E-state index contributed by atoms with van der Waals surface area (Å²) in [5.41, 5.74) is 0. The molecule has 0 bridgehead atoms. The van der Waals surface area contributed by atoms with Crippen LogP contribution >= 0.6 is 23.0 Å². The zero-order valence-corrected chi connectivity index (χ0v) is 9.85. The molecule has 0 aromatic carbocycles. The molecule has 80 valence electrons. The van der Waals surface area contributed by atoms with Crippen molar-refractivity contribution in [3.63, 3.8) is 0 Å². The molecule has 0 aliphatic rings. The van der Waals surface area contributed by atoms with Crippen molar-refractivity contribution in [2.75, 3.05) is 5.32 Å². The molecule has 15 heavy (non-hydrogen) atoms. The largest absolute Gasteiger partial charge is 0.523 e. The quantitative estimate of drug-likeness (QED) is 0.665. The van der Waals surface area contributed by atoms with Gasteiger partial charge in [0.05, 0.1) is 6.20 Å². The van der Waals surface area contributed by atoms with Crippen LogP contribution in [0.1, 0.15) is 6.92 Å². The third-order valence-electron chi connectivity index (χ3n) is 1.30. The van der Waals surface area contributed by atoms with Crippen LogP contribution in [0.15, 0.2) is 18.3 Å². The lowest BCUT2D eigenvalue weighted by molar-refractivity contribution is -0.114. The molecule has 1 rings (SSSR count). The van der Waals surface area contributed by atoms with Crippen LogP contribution in [0, 0.1) is 0 Å². The van der Waals surface area contributed by atoms with Crippen LogP contribution in [0.3, 0.4) is 0 Å². The van der Waals surface area contributed by atoms with E-state index in [-0.39, 0.29) is 11.7 Å². The number of ether oxygens (including phenoxy) is 1. The molecular weight excluding hydrogens is 315 g/mol. The maximum absolute atomic E-state index is 10.7. The van der Waals surface area contributed by atoms with E-state index in [1.54, 1.807) is 0 Å². The smallest absolute Gasteiger partial charge is 0.393 e. The first-order chi connectivity index (χ1) is 7.11. The number of hydrogen-bond donors (Lipinski definition) is 1.